The van der Waals surface area contributed by atoms with E-state index in [4.69, 9.17) is 0 Å². The molecule has 0 fully saturated rings. The molecule has 1 aromatic heterocycles. The molecule has 1 atom stereocenters. The number of aryl methyl sites for hydroxylation is 2. The summed E-state index contributed by atoms with van der Waals surface area (Å²) in [4.78, 5) is 8.95. The molecule has 4 heteroatoms. The largest absolute Gasteiger partial charge is 0.363 e. The van der Waals surface area contributed by atoms with Gasteiger partial charge in [0.05, 0.1) is 11.7 Å². The molecular weight excluding hydrogens is 301 g/mol. The van der Waals surface area contributed by atoms with Crippen LogP contribution in [0.1, 0.15) is 29.4 Å². The highest BCUT2D eigenvalue weighted by atomic mass is 19.1. The van der Waals surface area contributed by atoms with E-state index in [0.29, 0.717) is 5.82 Å². The first-order chi connectivity index (χ1) is 11.7. The van der Waals surface area contributed by atoms with Gasteiger partial charge in [0.15, 0.2) is 0 Å². The molecule has 0 spiro atoms. The fourth-order valence-electron chi connectivity index (χ4n) is 3.32. The molecule has 0 aliphatic heterocycles. The number of nitrogens with zero attached hydrogens (tertiary/aromatic N) is 2. The maximum absolute atomic E-state index is 13.5. The highest BCUT2D eigenvalue weighted by Crippen LogP contribution is 2.33. The monoisotopic (exact) mass is 319 g/mol. The van der Waals surface area contributed by atoms with Crippen molar-refractivity contribution in [3.63, 3.8) is 0 Å². The summed E-state index contributed by atoms with van der Waals surface area (Å²) < 4.78 is 13.5. The Morgan fingerprint density at radius 2 is 1.92 bits per heavy atom. The topological polar surface area (TPSA) is 37.8 Å². The van der Waals surface area contributed by atoms with Gasteiger partial charge in [-0.15, -0.1) is 0 Å². The minimum atomic E-state index is -0.261. The first-order valence-electron chi connectivity index (χ1n) is 8.15. The zero-order valence-corrected chi connectivity index (χ0v) is 13.5. The lowest BCUT2D eigenvalue weighted by molar-refractivity contribution is 0.628. The van der Waals surface area contributed by atoms with Crippen molar-refractivity contribution in [2.24, 2.45) is 0 Å². The Labute approximate surface area is 140 Å². The van der Waals surface area contributed by atoms with Gasteiger partial charge in [-0.25, -0.2) is 14.4 Å². The molecule has 0 radical (unpaired) electrons. The number of halogens is 1. The summed E-state index contributed by atoms with van der Waals surface area (Å²) in [5, 5.41) is 3.52. The second-order valence-corrected chi connectivity index (χ2v) is 6.13. The number of nitrogens with one attached hydrogen (secondary N) is 1. The van der Waals surface area contributed by atoms with E-state index in [0.717, 1.165) is 29.9 Å². The van der Waals surface area contributed by atoms with Crippen LogP contribution in [-0.4, -0.2) is 9.97 Å². The molecule has 0 saturated carbocycles. The Bertz CT molecular complexity index is 892. The number of fused-ring (bicyclic) bond motifs is 1. The van der Waals surface area contributed by atoms with Crippen molar-refractivity contribution in [1.29, 1.82) is 0 Å². The molecule has 1 aliphatic rings. The number of anilines is 1. The van der Waals surface area contributed by atoms with Gasteiger partial charge in [-0.2, -0.15) is 0 Å². The van der Waals surface area contributed by atoms with Crippen molar-refractivity contribution in [2.45, 2.75) is 25.8 Å². The number of hydrogen-bond acceptors (Lipinski definition) is 3. The summed E-state index contributed by atoms with van der Waals surface area (Å²) in [6.07, 6.45) is 2.13. The van der Waals surface area contributed by atoms with E-state index in [2.05, 4.69) is 39.6 Å². The molecule has 0 saturated heterocycles. The van der Waals surface area contributed by atoms with E-state index in [1.807, 2.05) is 19.1 Å². The van der Waals surface area contributed by atoms with Gasteiger partial charge in [-0.3, -0.25) is 0 Å². The van der Waals surface area contributed by atoms with Crippen LogP contribution < -0.4 is 5.32 Å². The third-order valence-electron chi connectivity index (χ3n) is 4.41. The molecule has 24 heavy (non-hydrogen) atoms. The summed E-state index contributed by atoms with van der Waals surface area (Å²) in [5.41, 5.74) is 4.22. The first kappa shape index (κ1) is 14.8. The van der Waals surface area contributed by atoms with Crippen LogP contribution in [0.5, 0.6) is 0 Å². The van der Waals surface area contributed by atoms with Crippen LogP contribution in [0.4, 0.5) is 10.2 Å². The molecular formula is C20H18FN3. The van der Waals surface area contributed by atoms with Crippen molar-refractivity contribution < 1.29 is 4.39 Å². The van der Waals surface area contributed by atoms with Gasteiger partial charge < -0.3 is 5.32 Å². The minimum absolute atomic E-state index is 0.260. The molecule has 0 amide bonds. The summed E-state index contributed by atoms with van der Waals surface area (Å²) in [5.74, 6) is 1.19. The zero-order valence-electron chi connectivity index (χ0n) is 13.5. The fraction of sp³-hybridized carbons (Fsp3) is 0.200. The van der Waals surface area contributed by atoms with Crippen molar-refractivity contribution in [1.82, 2.24) is 9.97 Å². The standard InChI is InChI=1S/C20H18FN3/c1-13-22-19(15-6-4-7-16(21)11-15)12-20(23-13)24-18-10-9-14-5-2-3-8-17(14)18/h2-8,11-12,18H,9-10H2,1H3,(H,22,23,24). The lowest BCUT2D eigenvalue weighted by Gasteiger charge is -2.16. The van der Waals surface area contributed by atoms with Crippen LogP contribution in [-0.2, 0) is 6.42 Å². The second-order valence-electron chi connectivity index (χ2n) is 6.13. The van der Waals surface area contributed by atoms with Crippen LogP contribution in [0, 0.1) is 12.7 Å². The van der Waals surface area contributed by atoms with Gasteiger partial charge in [0.2, 0.25) is 0 Å². The number of hydrogen-bond donors (Lipinski definition) is 1. The fourth-order valence-corrected chi connectivity index (χ4v) is 3.32. The van der Waals surface area contributed by atoms with Crippen LogP contribution >= 0.6 is 0 Å². The molecule has 1 N–H and O–H groups in total. The SMILES string of the molecule is Cc1nc(NC2CCc3ccccc32)cc(-c2cccc(F)c2)n1. The maximum atomic E-state index is 13.5. The van der Waals surface area contributed by atoms with E-state index in [1.54, 1.807) is 6.07 Å². The first-order valence-corrected chi connectivity index (χ1v) is 8.15. The lowest BCUT2D eigenvalue weighted by Crippen LogP contribution is -2.09. The average molecular weight is 319 g/mol. The molecule has 4 rings (SSSR count). The number of aromatic nitrogens is 2. The van der Waals surface area contributed by atoms with E-state index in [9.17, 15) is 4.39 Å². The quantitative estimate of drug-likeness (QED) is 0.761. The van der Waals surface area contributed by atoms with Gasteiger partial charge >= 0.3 is 0 Å². The molecule has 1 heterocycles. The van der Waals surface area contributed by atoms with E-state index >= 15 is 0 Å². The van der Waals surface area contributed by atoms with E-state index in [-0.39, 0.29) is 11.9 Å². The predicted octanol–water partition coefficient (Wildman–Crippen LogP) is 4.69. The highest BCUT2D eigenvalue weighted by molar-refractivity contribution is 5.63. The van der Waals surface area contributed by atoms with E-state index < -0.39 is 0 Å². The molecule has 1 aliphatic carbocycles. The second kappa shape index (κ2) is 6.04. The molecule has 3 aromatic rings. The van der Waals surface area contributed by atoms with E-state index in [1.165, 1.54) is 23.3 Å². The Morgan fingerprint density at radius 1 is 1.04 bits per heavy atom. The number of benzene rings is 2. The van der Waals surface area contributed by atoms with Crippen LogP contribution in [0.15, 0.2) is 54.6 Å². The predicted molar refractivity (Wildman–Crippen MR) is 93.3 cm³/mol. The van der Waals surface area contributed by atoms with Crippen LogP contribution in [0.25, 0.3) is 11.3 Å². The van der Waals surface area contributed by atoms with Crippen molar-refractivity contribution in [3.8, 4) is 11.3 Å². The Kier molecular flexibility index (Phi) is 3.73. The number of rotatable bonds is 3. The Morgan fingerprint density at radius 3 is 2.79 bits per heavy atom. The molecule has 1 unspecified atom stereocenters. The summed E-state index contributed by atoms with van der Waals surface area (Å²) in [7, 11) is 0. The smallest absolute Gasteiger partial charge is 0.130 e. The summed E-state index contributed by atoms with van der Waals surface area (Å²) in [6, 6.07) is 17.1. The average Bonchev–Trinajstić information content (AvgIpc) is 2.98. The van der Waals surface area contributed by atoms with Crippen LogP contribution in [0.2, 0.25) is 0 Å². The van der Waals surface area contributed by atoms with Gasteiger partial charge in [0.1, 0.15) is 17.5 Å². The van der Waals surface area contributed by atoms with Crippen molar-refractivity contribution >= 4 is 5.82 Å². The van der Waals surface area contributed by atoms with Crippen molar-refractivity contribution in [2.75, 3.05) is 5.32 Å². The van der Waals surface area contributed by atoms with Crippen LogP contribution in [0.3, 0.4) is 0 Å². The zero-order chi connectivity index (χ0) is 16.5. The highest BCUT2D eigenvalue weighted by Gasteiger charge is 2.22. The minimum Gasteiger partial charge on any atom is -0.363 e. The normalized spacial score (nSPS) is 16.0. The van der Waals surface area contributed by atoms with Gasteiger partial charge in [0.25, 0.3) is 0 Å². The van der Waals surface area contributed by atoms with Gasteiger partial charge in [-0.1, -0.05) is 36.4 Å². The Hall–Kier alpha value is -2.75. The third-order valence-corrected chi connectivity index (χ3v) is 4.41. The summed E-state index contributed by atoms with van der Waals surface area (Å²) in [6.45, 7) is 1.86. The third kappa shape index (κ3) is 2.87. The molecule has 3 nitrogen and oxygen atoms in total. The molecule has 120 valence electrons. The van der Waals surface area contributed by atoms with Crippen molar-refractivity contribution in [3.05, 3.63) is 77.4 Å². The molecule has 2 aromatic carbocycles. The van der Waals surface area contributed by atoms with Gasteiger partial charge in [0, 0.05) is 11.6 Å². The lowest BCUT2D eigenvalue weighted by atomic mass is 10.1. The maximum Gasteiger partial charge on any atom is 0.130 e. The Balaban J connectivity index is 1.65. The summed E-state index contributed by atoms with van der Waals surface area (Å²) >= 11 is 0. The van der Waals surface area contributed by atoms with Gasteiger partial charge in [-0.05, 0) is 43.0 Å². The molecule has 0 bridgehead atoms.